The topological polar surface area (TPSA) is 77.0 Å². The van der Waals surface area contributed by atoms with Gasteiger partial charge in [-0.25, -0.2) is 4.68 Å². The SMILES string of the molecule is O=c1cc2c(nn1CC1CCN(Cc3noc(C4CCC4)n3)CC1)CCCC2. The van der Waals surface area contributed by atoms with Gasteiger partial charge < -0.3 is 4.52 Å². The van der Waals surface area contributed by atoms with Crippen LogP contribution < -0.4 is 5.56 Å². The molecule has 150 valence electrons. The molecule has 0 aromatic carbocycles. The molecule has 2 aromatic rings. The number of aromatic nitrogens is 4. The van der Waals surface area contributed by atoms with Gasteiger partial charge in [0.05, 0.1) is 12.2 Å². The minimum Gasteiger partial charge on any atom is -0.339 e. The molecule has 3 aliphatic rings. The van der Waals surface area contributed by atoms with Crippen LogP contribution in [0.1, 0.15) is 73.8 Å². The highest BCUT2D eigenvalue weighted by Crippen LogP contribution is 2.35. The molecule has 28 heavy (non-hydrogen) atoms. The molecule has 2 aromatic heterocycles. The fraction of sp³-hybridized carbons (Fsp3) is 0.714. The van der Waals surface area contributed by atoms with Crippen LogP contribution in [0.5, 0.6) is 0 Å². The Balaban J connectivity index is 1.15. The van der Waals surface area contributed by atoms with Crippen molar-refractivity contribution in [3.63, 3.8) is 0 Å². The van der Waals surface area contributed by atoms with E-state index in [0.717, 1.165) is 69.3 Å². The lowest BCUT2D eigenvalue weighted by Gasteiger charge is -2.31. The molecular weight excluding hydrogens is 354 g/mol. The largest absolute Gasteiger partial charge is 0.339 e. The molecule has 0 N–H and O–H groups in total. The first kappa shape index (κ1) is 18.0. The van der Waals surface area contributed by atoms with E-state index in [2.05, 4.69) is 20.1 Å². The van der Waals surface area contributed by atoms with Gasteiger partial charge in [-0.15, -0.1) is 0 Å². The minimum atomic E-state index is 0.0680. The van der Waals surface area contributed by atoms with Gasteiger partial charge in [0, 0.05) is 18.5 Å². The van der Waals surface area contributed by atoms with Crippen LogP contribution in [0.25, 0.3) is 0 Å². The van der Waals surface area contributed by atoms with E-state index in [1.165, 1.54) is 37.7 Å². The van der Waals surface area contributed by atoms with Crippen LogP contribution in [0.15, 0.2) is 15.4 Å². The van der Waals surface area contributed by atoms with Crippen molar-refractivity contribution >= 4 is 0 Å². The number of aryl methyl sites for hydroxylation is 2. The maximum absolute atomic E-state index is 12.4. The summed E-state index contributed by atoms with van der Waals surface area (Å²) in [4.78, 5) is 19.4. The smallest absolute Gasteiger partial charge is 0.267 e. The van der Waals surface area contributed by atoms with Crippen molar-refractivity contribution in [2.24, 2.45) is 5.92 Å². The maximum atomic E-state index is 12.4. The molecule has 1 saturated carbocycles. The predicted molar refractivity (Wildman–Crippen MR) is 104 cm³/mol. The van der Waals surface area contributed by atoms with Crippen molar-refractivity contribution in [1.29, 1.82) is 0 Å². The Bertz CT molecular complexity index is 877. The lowest BCUT2D eigenvalue weighted by Crippen LogP contribution is -2.37. The summed E-state index contributed by atoms with van der Waals surface area (Å²) in [6, 6.07) is 1.83. The predicted octanol–water partition coefficient (Wildman–Crippen LogP) is 2.68. The second kappa shape index (κ2) is 7.78. The maximum Gasteiger partial charge on any atom is 0.267 e. The zero-order valence-corrected chi connectivity index (χ0v) is 16.5. The van der Waals surface area contributed by atoms with E-state index in [4.69, 9.17) is 4.52 Å². The van der Waals surface area contributed by atoms with Gasteiger partial charge in [0.2, 0.25) is 5.89 Å². The average Bonchev–Trinajstić information content (AvgIpc) is 3.10. The second-order valence-corrected chi connectivity index (χ2v) is 8.74. The summed E-state index contributed by atoms with van der Waals surface area (Å²) in [6.07, 6.45) is 10.2. The molecule has 7 nitrogen and oxygen atoms in total. The molecule has 3 heterocycles. The van der Waals surface area contributed by atoms with Crippen molar-refractivity contribution in [3.05, 3.63) is 39.4 Å². The van der Waals surface area contributed by atoms with E-state index in [0.29, 0.717) is 11.8 Å². The molecular formula is C21H29N5O2. The van der Waals surface area contributed by atoms with E-state index < -0.39 is 0 Å². The zero-order valence-electron chi connectivity index (χ0n) is 16.5. The Morgan fingerprint density at radius 3 is 2.68 bits per heavy atom. The highest BCUT2D eigenvalue weighted by molar-refractivity contribution is 5.20. The fourth-order valence-electron chi connectivity index (χ4n) is 4.66. The summed E-state index contributed by atoms with van der Waals surface area (Å²) in [5.74, 6) is 2.65. The van der Waals surface area contributed by atoms with Crippen LogP contribution in [0, 0.1) is 5.92 Å². The van der Waals surface area contributed by atoms with E-state index in [9.17, 15) is 4.79 Å². The molecule has 1 saturated heterocycles. The molecule has 0 unspecified atom stereocenters. The molecule has 2 aliphatic carbocycles. The van der Waals surface area contributed by atoms with Gasteiger partial charge in [-0.2, -0.15) is 10.1 Å². The van der Waals surface area contributed by atoms with E-state index >= 15 is 0 Å². The summed E-state index contributed by atoms with van der Waals surface area (Å²) < 4.78 is 7.15. The first-order valence-electron chi connectivity index (χ1n) is 10.9. The number of fused-ring (bicyclic) bond motifs is 1. The monoisotopic (exact) mass is 383 g/mol. The molecule has 0 spiro atoms. The zero-order chi connectivity index (χ0) is 18.9. The lowest BCUT2D eigenvalue weighted by atomic mass is 9.85. The van der Waals surface area contributed by atoms with Gasteiger partial charge in [-0.3, -0.25) is 9.69 Å². The van der Waals surface area contributed by atoms with Crippen molar-refractivity contribution in [2.75, 3.05) is 13.1 Å². The Morgan fingerprint density at radius 2 is 1.89 bits per heavy atom. The van der Waals surface area contributed by atoms with Gasteiger partial charge in [0.15, 0.2) is 5.82 Å². The molecule has 1 aliphatic heterocycles. The first-order valence-corrected chi connectivity index (χ1v) is 10.9. The summed E-state index contributed by atoms with van der Waals surface area (Å²) in [7, 11) is 0. The molecule has 7 heteroatoms. The summed E-state index contributed by atoms with van der Waals surface area (Å²) in [5.41, 5.74) is 2.38. The normalized spacial score (nSPS) is 21.4. The van der Waals surface area contributed by atoms with Gasteiger partial charge in [0.25, 0.3) is 5.56 Å². The summed E-state index contributed by atoms with van der Waals surface area (Å²) >= 11 is 0. The van der Waals surface area contributed by atoms with Crippen LogP contribution in [-0.2, 0) is 25.9 Å². The number of nitrogens with zero attached hydrogens (tertiary/aromatic N) is 5. The summed E-state index contributed by atoms with van der Waals surface area (Å²) in [6.45, 7) is 3.53. The molecule has 2 fully saturated rings. The van der Waals surface area contributed by atoms with E-state index in [1.807, 2.05) is 6.07 Å². The third kappa shape index (κ3) is 3.77. The van der Waals surface area contributed by atoms with Crippen LogP contribution in [0.4, 0.5) is 0 Å². The molecule has 5 rings (SSSR count). The number of likely N-dealkylation sites (tertiary alicyclic amines) is 1. The summed E-state index contributed by atoms with van der Waals surface area (Å²) in [5, 5.41) is 8.85. The van der Waals surface area contributed by atoms with E-state index in [1.54, 1.807) is 4.68 Å². The Kier molecular flexibility index (Phi) is 5.01. The van der Waals surface area contributed by atoms with E-state index in [-0.39, 0.29) is 5.56 Å². The van der Waals surface area contributed by atoms with Gasteiger partial charge >= 0.3 is 0 Å². The van der Waals surface area contributed by atoms with Gasteiger partial charge in [-0.1, -0.05) is 11.6 Å². The van der Waals surface area contributed by atoms with Crippen LogP contribution >= 0.6 is 0 Å². The number of hydrogen-bond donors (Lipinski definition) is 0. The average molecular weight is 383 g/mol. The first-order chi connectivity index (χ1) is 13.7. The quantitative estimate of drug-likeness (QED) is 0.790. The Labute approximate surface area is 165 Å². The lowest BCUT2D eigenvalue weighted by molar-refractivity contribution is 0.158. The van der Waals surface area contributed by atoms with Crippen LogP contribution in [0.2, 0.25) is 0 Å². The highest BCUT2D eigenvalue weighted by atomic mass is 16.5. The third-order valence-electron chi connectivity index (χ3n) is 6.72. The van der Waals surface area contributed by atoms with Crippen LogP contribution in [0.3, 0.4) is 0 Å². The van der Waals surface area contributed by atoms with Gasteiger partial charge in [-0.05, 0) is 75.9 Å². The van der Waals surface area contributed by atoms with Crippen molar-refractivity contribution in [3.8, 4) is 0 Å². The number of hydrogen-bond acceptors (Lipinski definition) is 6. The molecule has 0 radical (unpaired) electrons. The van der Waals surface area contributed by atoms with Crippen LogP contribution in [-0.4, -0.2) is 37.9 Å². The van der Waals surface area contributed by atoms with Crippen molar-refractivity contribution < 1.29 is 4.52 Å². The second-order valence-electron chi connectivity index (χ2n) is 8.74. The molecule has 0 bridgehead atoms. The van der Waals surface area contributed by atoms with Crippen molar-refractivity contribution in [1.82, 2.24) is 24.8 Å². The molecule has 0 atom stereocenters. The number of rotatable bonds is 5. The Morgan fingerprint density at radius 1 is 1.07 bits per heavy atom. The highest BCUT2D eigenvalue weighted by Gasteiger charge is 2.27. The molecule has 0 amide bonds. The van der Waals surface area contributed by atoms with Crippen molar-refractivity contribution in [2.45, 2.75) is 76.8 Å². The number of piperidine rings is 1. The Hall–Kier alpha value is -2.02. The third-order valence-corrected chi connectivity index (χ3v) is 6.72. The fourth-order valence-corrected chi connectivity index (χ4v) is 4.66. The minimum absolute atomic E-state index is 0.0680. The standard InChI is InChI=1S/C21H29N5O2/c27-20-12-17-4-1-2-7-18(17)23-26(20)13-15-8-10-25(11-9-15)14-19-22-21(28-24-19)16-5-3-6-16/h12,15-16H,1-11,13-14H2. The van der Waals surface area contributed by atoms with Gasteiger partial charge in [0.1, 0.15) is 0 Å².